The van der Waals surface area contributed by atoms with E-state index < -0.39 is 11.5 Å². The molecule has 0 heterocycles. The van der Waals surface area contributed by atoms with Gasteiger partial charge in [0.25, 0.3) is 0 Å². The van der Waals surface area contributed by atoms with E-state index in [-0.39, 0.29) is 5.92 Å². The van der Waals surface area contributed by atoms with Gasteiger partial charge in [0.05, 0.1) is 12.8 Å². The van der Waals surface area contributed by atoms with Gasteiger partial charge in [0.15, 0.2) is 0 Å². The van der Waals surface area contributed by atoms with Gasteiger partial charge in [-0.05, 0) is 37.8 Å². The van der Waals surface area contributed by atoms with E-state index in [2.05, 4.69) is 0 Å². The van der Waals surface area contributed by atoms with Crippen LogP contribution < -0.4 is 9.64 Å². The van der Waals surface area contributed by atoms with Crippen molar-refractivity contribution < 1.29 is 14.6 Å². The van der Waals surface area contributed by atoms with Crippen molar-refractivity contribution in [3.8, 4) is 5.75 Å². The average molecular weight is 249 g/mol. The number of hydrogen-bond donors (Lipinski definition) is 1. The largest absolute Gasteiger partial charge is 0.495 e. The first-order valence-electron chi connectivity index (χ1n) is 6.12. The number of rotatable bonds is 5. The van der Waals surface area contributed by atoms with Crippen molar-refractivity contribution in [2.24, 2.45) is 5.92 Å². The molecule has 1 aliphatic rings. The van der Waals surface area contributed by atoms with E-state index in [9.17, 15) is 9.90 Å². The third-order valence-electron chi connectivity index (χ3n) is 3.95. The molecule has 0 bridgehead atoms. The van der Waals surface area contributed by atoms with Gasteiger partial charge in [0, 0.05) is 7.05 Å². The third-order valence-corrected chi connectivity index (χ3v) is 3.95. The number of aliphatic carboxylic acids is 1. The molecule has 0 saturated heterocycles. The topological polar surface area (TPSA) is 49.8 Å². The Morgan fingerprint density at radius 1 is 1.44 bits per heavy atom. The van der Waals surface area contributed by atoms with Gasteiger partial charge >= 0.3 is 5.97 Å². The molecule has 18 heavy (non-hydrogen) atoms. The zero-order valence-electron chi connectivity index (χ0n) is 11.0. The van der Waals surface area contributed by atoms with Gasteiger partial charge in [-0.3, -0.25) is 0 Å². The second-order valence-corrected chi connectivity index (χ2v) is 4.96. The highest BCUT2D eigenvalue weighted by molar-refractivity contribution is 5.85. The standard InChI is InChI=1S/C14H19NO3/c1-14(13(16)17,10-8-9-10)15(2)11-6-4-5-7-12(11)18-3/h4-7,10H,8-9H2,1-3H3,(H,16,17). The van der Waals surface area contributed by atoms with E-state index in [1.54, 1.807) is 14.0 Å². The highest BCUT2D eigenvalue weighted by atomic mass is 16.5. The highest BCUT2D eigenvalue weighted by Gasteiger charge is 2.51. The first-order valence-corrected chi connectivity index (χ1v) is 6.12. The van der Waals surface area contributed by atoms with Crippen molar-refractivity contribution in [1.82, 2.24) is 0 Å². The first kappa shape index (κ1) is 12.7. The van der Waals surface area contributed by atoms with Gasteiger partial charge in [-0.25, -0.2) is 4.79 Å². The number of anilines is 1. The van der Waals surface area contributed by atoms with Gasteiger partial charge in [-0.2, -0.15) is 0 Å². The quantitative estimate of drug-likeness (QED) is 0.870. The van der Waals surface area contributed by atoms with Crippen LogP contribution in [-0.2, 0) is 4.79 Å². The van der Waals surface area contributed by atoms with Crippen LogP contribution >= 0.6 is 0 Å². The van der Waals surface area contributed by atoms with Gasteiger partial charge in [-0.1, -0.05) is 12.1 Å². The zero-order chi connectivity index (χ0) is 13.3. The molecule has 1 aromatic rings. The fourth-order valence-electron chi connectivity index (χ4n) is 2.39. The first-order chi connectivity index (χ1) is 8.51. The van der Waals surface area contributed by atoms with Crippen molar-refractivity contribution in [1.29, 1.82) is 0 Å². The summed E-state index contributed by atoms with van der Waals surface area (Å²) in [7, 11) is 3.42. The van der Waals surface area contributed by atoms with Crippen molar-refractivity contribution in [2.75, 3.05) is 19.1 Å². The smallest absolute Gasteiger partial charge is 0.329 e. The minimum absolute atomic E-state index is 0.213. The molecule has 2 rings (SSSR count). The van der Waals surface area contributed by atoms with Crippen molar-refractivity contribution in [3.05, 3.63) is 24.3 Å². The number of ether oxygens (including phenoxy) is 1. The van der Waals surface area contributed by atoms with E-state index in [1.165, 1.54) is 0 Å². The van der Waals surface area contributed by atoms with Crippen LogP contribution in [0, 0.1) is 5.92 Å². The second kappa shape index (κ2) is 4.52. The molecule has 1 N–H and O–H groups in total. The number of carboxylic acid groups (broad SMARTS) is 1. The maximum absolute atomic E-state index is 11.6. The fourth-order valence-corrected chi connectivity index (χ4v) is 2.39. The van der Waals surface area contributed by atoms with Gasteiger partial charge in [-0.15, -0.1) is 0 Å². The van der Waals surface area contributed by atoms with Crippen molar-refractivity contribution in [2.45, 2.75) is 25.3 Å². The lowest BCUT2D eigenvalue weighted by Gasteiger charge is -2.37. The SMILES string of the molecule is COc1ccccc1N(C)C(C)(C(=O)O)C1CC1. The molecule has 1 atom stereocenters. The van der Waals surface area contributed by atoms with Crippen LogP contribution in [0.15, 0.2) is 24.3 Å². The Balaban J connectivity index is 2.39. The molecule has 1 aromatic carbocycles. The van der Waals surface area contributed by atoms with Crippen molar-refractivity contribution >= 4 is 11.7 Å². The summed E-state index contributed by atoms with van der Waals surface area (Å²) in [6.45, 7) is 1.79. The monoisotopic (exact) mass is 249 g/mol. The molecule has 1 fully saturated rings. The average Bonchev–Trinajstić information content (AvgIpc) is 3.21. The zero-order valence-corrected chi connectivity index (χ0v) is 11.0. The summed E-state index contributed by atoms with van der Waals surface area (Å²) in [6.07, 6.45) is 1.95. The molecular formula is C14H19NO3. The van der Waals surface area contributed by atoms with Crippen LogP contribution in [0.25, 0.3) is 0 Å². The summed E-state index contributed by atoms with van der Waals surface area (Å²) in [5.74, 6) is 0.136. The van der Waals surface area contributed by atoms with Crippen LogP contribution in [0.1, 0.15) is 19.8 Å². The Kier molecular flexibility index (Phi) is 3.20. The number of benzene rings is 1. The van der Waals surface area contributed by atoms with Crippen LogP contribution in [-0.4, -0.2) is 30.8 Å². The molecule has 0 radical (unpaired) electrons. The van der Waals surface area contributed by atoms with Gasteiger partial charge < -0.3 is 14.7 Å². The third kappa shape index (κ3) is 1.92. The Morgan fingerprint density at radius 2 is 2.06 bits per heavy atom. The van der Waals surface area contributed by atoms with Crippen molar-refractivity contribution in [3.63, 3.8) is 0 Å². The summed E-state index contributed by atoms with van der Waals surface area (Å²) >= 11 is 0. The molecule has 1 saturated carbocycles. The molecular weight excluding hydrogens is 230 g/mol. The number of para-hydroxylation sites is 2. The molecule has 4 heteroatoms. The molecule has 98 valence electrons. The number of carbonyl (C=O) groups is 1. The Bertz CT molecular complexity index is 456. The normalized spacial score (nSPS) is 17.9. The van der Waals surface area contributed by atoms with E-state index >= 15 is 0 Å². The summed E-state index contributed by atoms with van der Waals surface area (Å²) in [4.78, 5) is 13.5. The minimum Gasteiger partial charge on any atom is -0.495 e. The van der Waals surface area contributed by atoms with E-state index in [0.29, 0.717) is 5.75 Å². The molecule has 0 aromatic heterocycles. The van der Waals surface area contributed by atoms with E-state index in [4.69, 9.17) is 4.74 Å². The summed E-state index contributed by atoms with van der Waals surface area (Å²) < 4.78 is 5.31. The molecule has 0 amide bonds. The number of carboxylic acids is 1. The highest BCUT2D eigenvalue weighted by Crippen LogP contribution is 2.45. The summed E-state index contributed by atoms with van der Waals surface area (Å²) in [6, 6.07) is 7.51. The molecule has 1 aliphatic carbocycles. The van der Waals surface area contributed by atoms with Crippen LogP contribution in [0.4, 0.5) is 5.69 Å². The molecule has 0 aliphatic heterocycles. The minimum atomic E-state index is -0.866. The van der Waals surface area contributed by atoms with Gasteiger partial charge in [0.2, 0.25) is 0 Å². The molecule has 1 unspecified atom stereocenters. The predicted molar refractivity (Wildman–Crippen MR) is 70.2 cm³/mol. The van der Waals surface area contributed by atoms with Crippen LogP contribution in [0.3, 0.4) is 0 Å². The lowest BCUT2D eigenvalue weighted by Crippen LogP contribution is -2.52. The number of likely N-dealkylation sites (N-methyl/N-ethyl adjacent to an activating group) is 1. The Hall–Kier alpha value is -1.71. The summed E-state index contributed by atoms with van der Waals surface area (Å²) in [5.41, 5.74) is -0.0500. The number of nitrogens with zero attached hydrogens (tertiary/aromatic N) is 1. The Morgan fingerprint density at radius 3 is 2.56 bits per heavy atom. The van der Waals surface area contributed by atoms with E-state index in [1.807, 2.05) is 36.2 Å². The van der Waals surface area contributed by atoms with E-state index in [0.717, 1.165) is 18.5 Å². The fraction of sp³-hybridized carbons (Fsp3) is 0.500. The molecule has 0 spiro atoms. The lowest BCUT2D eigenvalue weighted by atomic mass is 9.93. The molecule has 4 nitrogen and oxygen atoms in total. The Labute approximate surface area is 107 Å². The predicted octanol–water partition coefficient (Wildman–Crippen LogP) is 2.38. The number of hydrogen-bond acceptors (Lipinski definition) is 3. The maximum Gasteiger partial charge on any atom is 0.329 e. The van der Waals surface area contributed by atoms with Crippen LogP contribution in [0.2, 0.25) is 0 Å². The van der Waals surface area contributed by atoms with Crippen LogP contribution in [0.5, 0.6) is 5.75 Å². The maximum atomic E-state index is 11.6. The lowest BCUT2D eigenvalue weighted by molar-refractivity contribution is -0.143. The van der Waals surface area contributed by atoms with Gasteiger partial charge in [0.1, 0.15) is 11.3 Å². The summed E-state index contributed by atoms with van der Waals surface area (Å²) in [5, 5.41) is 9.56. The number of methoxy groups -OCH3 is 1. The second-order valence-electron chi connectivity index (χ2n) is 4.96.